The molecule has 0 bridgehead atoms. The summed E-state index contributed by atoms with van der Waals surface area (Å²) >= 11 is 0. The molecule has 1 amide bonds. The fourth-order valence-electron chi connectivity index (χ4n) is 2.77. The van der Waals surface area contributed by atoms with Gasteiger partial charge in [0.05, 0.1) is 17.5 Å². The molecule has 0 radical (unpaired) electrons. The number of anilines is 1. The number of nitrogens with zero attached hydrogens (tertiary/aromatic N) is 1. The third-order valence-corrected chi connectivity index (χ3v) is 4.40. The molecule has 8 heteroatoms. The molecule has 30 heavy (non-hydrogen) atoms. The largest absolute Gasteiger partial charge is 0.453 e. The zero-order chi connectivity index (χ0) is 21.7. The molecule has 2 aromatic carbocycles. The lowest BCUT2D eigenvalue weighted by Crippen LogP contribution is -2.30. The minimum Gasteiger partial charge on any atom is -0.453 e. The molecular weight excluding hydrogens is 397 g/mol. The quantitative estimate of drug-likeness (QED) is 0.589. The lowest BCUT2D eigenvalue weighted by molar-refractivity contribution is -0.153. The van der Waals surface area contributed by atoms with Gasteiger partial charge in [-0.05, 0) is 43.3 Å². The van der Waals surface area contributed by atoms with E-state index >= 15 is 0 Å². The number of nitrogens with one attached hydrogen (secondary N) is 1. The summed E-state index contributed by atoms with van der Waals surface area (Å²) in [5, 5.41) is 3.42. The molecule has 1 aromatic heterocycles. The van der Waals surface area contributed by atoms with E-state index in [0.29, 0.717) is 6.42 Å². The van der Waals surface area contributed by atoms with Crippen molar-refractivity contribution >= 4 is 28.5 Å². The third-order valence-electron chi connectivity index (χ3n) is 4.40. The average molecular weight is 416 g/mol. The maximum absolute atomic E-state index is 12.6. The number of fused-ring (bicyclic) bond motifs is 1. The van der Waals surface area contributed by atoms with Crippen LogP contribution in [0.4, 0.5) is 18.9 Å². The van der Waals surface area contributed by atoms with Crippen LogP contribution in [0.15, 0.2) is 60.7 Å². The summed E-state index contributed by atoms with van der Waals surface area (Å²) in [5.41, 5.74) is 0.915. The molecule has 3 rings (SSSR count). The van der Waals surface area contributed by atoms with Crippen LogP contribution in [0.3, 0.4) is 0 Å². The molecule has 5 nitrogen and oxygen atoms in total. The van der Waals surface area contributed by atoms with Crippen LogP contribution in [-0.2, 0) is 26.9 Å². The summed E-state index contributed by atoms with van der Waals surface area (Å²) in [6.45, 7) is 1.39. The summed E-state index contributed by atoms with van der Waals surface area (Å²) in [7, 11) is 0. The molecule has 156 valence electrons. The first-order chi connectivity index (χ1) is 14.2. The zero-order valence-corrected chi connectivity index (χ0v) is 16.1. The van der Waals surface area contributed by atoms with E-state index in [1.54, 1.807) is 0 Å². The minimum absolute atomic E-state index is 0.0449. The molecule has 1 unspecified atom stereocenters. The van der Waals surface area contributed by atoms with Gasteiger partial charge in [-0.1, -0.05) is 24.3 Å². The van der Waals surface area contributed by atoms with Crippen molar-refractivity contribution in [1.29, 1.82) is 0 Å². The second kappa shape index (κ2) is 8.94. The molecule has 0 aliphatic rings. The number of esters is 1. The number of halogens is 3. The number of hydrogen-bond donors (Lipinski definition) is 1. The van der Waals surface area contributed by atoms with Crippen molar-refractivity contribution in [3.63, 3.8) is 0 Å². The Bertz CT molecular complexity index is 1050. The van der Waals surface area contributed by atoms with Gasteiger partial charge in [-0.25, -0.2) is 0 Å². The summed E-state index contributed by atoms with van der Waals surface area (Å²) in [6, 6.07) is 15.4. The monoisotopic (exact) mass is 416 g/mol. The van der Waals surface area contributed by atoms with Crippen LogP contribution in [0.2, 0.25) is 0 Å². The predicted octanol–water partition coefficient (Wildman–Crippen LogP) is 4.76. The van der Waals surface area contributed by atoms with Crippen LogP contribution in [0.5, 0.6) is 0 Å². The van der Waals surface area contributed by atoms with Gasteiger partial charge in [0.2, 0.25) is 0 Å². The van der Waals surface area contributed by atoms with Crippen molar-refractivity contribution in [3.05, 3.63) is 71.9 Å². The van der Waals surface area contributed by atoms with E-state index in [9.17, 15) is 22.8 Å². The minimum atomic E-state index is -4.45. The van der Waals surface area contributed by atoms with Crippen molar-refractivity contribution in [2.45, 2.75) is 32.0 Å². The number of hydrogen-bond acceptors (Lipinski definition) is 4. The highest BCUT2D eigenvalue weighted by Gasteiger charge is 2.30. The van der Waals surface area contributed by atoms with E-state index in [-0.39, 0.29) is 12.1 Å². The van der Waals surface area contributed by atoms with E-state index < -0.39 is 29.7 Å². The number of alkyl halides is 3. The molecule has 3 aromatic rings. The number of benzene rings is 2. The van der Waals surface area contributed by atoms with Crippen LogP contribution < -0.4 is 5.32 Å². The highest BCUT2D eigenvalue weighted by molar-refractivity contribution is 5.95. The standard InChI is InChI=1S/C22H19F3N2O3/c1-14(21(29)27-18-10-7-16(8-11-18)22(23,24)25)30-20(28)13-12-17-9-6-15-4-2-3-5-19(15)26-17/h2-11,14H,12-13H2,1H3,(H,27,29). The summed E-state index contributed by atoms with van der Waals surface area (Å²) in [4.78, 5) is 28.6. The number of para-hydroxylation sites is 1. The van der Waals surface area contributed by atoms with Gasteiger partial charge in [0.25, 0.3) is 5.91 Å². The Morgan fingerprint density at radius 1 is 1.03 bits per heavy atom. The Morgan fingerprint density at radius 3 is 2.43 bits per heavy atom. The highest BCUT2D eigenvalue weighted by Crippen LogP contribution is 2.29. The Hall–Kier alpha value is -3.42. The maximum Gasteiger partial charge on any atom is 0.416 e. The van der Waals surface area contributed by atoms with E-state index in [2.05, 4.69) is 10.3 Å². The van der Waals surface area contributed by atoms with Crippen LogP contribution in [0, 0.1) is 0 Å². The lowest BCUT2D eigenvalue weighted by Gasteiger charge is -2.14. The molecule has 0 saturated carbocycles. The smallest absolute Gasteiger partial charge is 0.416 e. The SMILES string of the molecule is CC(OC(=O)CCc1ccc2ccccc2n1)C(=O)Nc1ccc(C(F)(F)F)cc1. The Balaban J connectivity index is 1.49. The predicted molar refractivity (Wildman–Crippen MR) is 106 cm³/mol. The molecule has 0 aliphatic carbocycles. The van der Waals surface area contributed by atoms with Gasteiger partial charge in [0.15, 0.2) is 6.10 Å². The lowest BCUT2D eigenvalue weighted by atomic mass is 10.1. The molecule has 1 atom stereocenters. The first-order valence-electron chi connectivity index (χ1n) is 9.24. The Labute approximate surface area is 170 Å². The zero-order valence-electron chi connectivity index (χ0n) is 16.1. The number of ether oxygens (including phenoxy) is 1. The number of carbonyl (C=O) groups is 2. The van der Waals surface area contributed by atoms with Gasteiger partial charge in [0.1, 0.15) is 0 Å². The topological polar surface area (TPSA) is 68.3 Å². The molecule has 1 N–H and O–H groups in total. The number of pyridine rings is 1. The normalized spacial score (nSPS) is 12.4. The fourth-order valence-corrected chi connectivity index (χ4v) is 2.77. The Kier molecular flexibility index (Phi) is 6.34. The van der Waals surface area contributed by atoms with E-state index in [4.69, 9.17) is 4.74 Å². The van der Waals surface area contributed by atoms with Crippen molar-refractivity contribution in [1.82, 2.24) is 4.98 Å². The number of carbonyl (C=O) groups excluding carboxylic acids is 2. The fraction of sp³-hybridized carbons (Fsp3) is 0.227. The maximum atomic E-state index is 12.6. The van der Waals surface area contributed by atoms with Crippen molar-refractivity contribution in [2.75, 3.05) is 5.32 Å². The van der Waals surface area contributed by atoms with E-state index in [0.717, 1.165) is 40.9 Å². The van der Waals surface area contributed by atoms with Crippen LogP contribution in [0.1, 0.15) is 24.6 Å². The number of aromatic nitrogens is 1. The first-order valence-corrected chi connectivity index (χ1v) is 9.24. The third kappa shape index (κ3) is 5.56. The molecule has 0 aliphatic heterocycles. The van der Waals surface area contributed by atoms with Gasteiger partial charge in [-0.2, -0.15) is 13.2 Å². The second-order valence-electron chi connectivity index (χ2n) is 6.69. The van der Waals surface area contributed by atoms with Gasteiger partial charge in [-0.15, -0.1) is 0 Å². The van der Waals surface area contributed by atoms with E-state index in [1.807, 2.05) is 36.4 Å². The highest BCUT2D eigenvalue weighted by atomic mass is 19.4. The van der Waals surface area contributed by atoms with Crippen LogP contribution >= 0.6 is 0 Å². The van der Waals surface area contributed by atoms with Gasteiger partial charge in [0, 0.05) is 23.2 Å². The van der Waals surface area contributed by atoms with Gasteiger partial charge in [-0.3, -0.25) is 14.6 Å². The molecule has 0 fully saturated rings. The van der Waals surface area contributed by atoms with E-state index in [1.165, 1.54) is 6.92 Å². The van der Waals surface area contributed by atoms with Crippen molar-refractivity contribution in [2.24, 2.45) is 0 Å². The Morgan fingerprint density at radius 2 is 1.73 bits per heavy atom. The van der Waals surface area contributed by atoms with Crippen molar-refractivity contribution in [3.8, 4) is 0 Å². The number of rotatable bonds is 6. The van der Waals surface area contributed by atoms with Crippen LogP contribution in [-0.4, -0.2) is 23.0 Å². The molecule has 0 saturated heterocycles. The van der Waals surface area contributed by atoms with Crippen molar-refractivity contribution < 1.29 is 27.5 Å². The molecular formula is C22H19F3N2O3. The molecule has 0 spiro atoms. The average Bonchev–Trinajstić information content (AvgIpc) is 2.71. The summed E-state index contributed by atoms with van der Waals surface area (Å²) in [6.07, 6.45) is -5.14. The first kappa shape index (κ1) is 21.3. The number of amides is 1. The van der Waals surface area contributed by atoms with Crippen LogP contribution in [0.25, 0.3) is 10.9 Å². The second-order valence-corrected chi connectivity index (χ2v) is 6.69. The van der Waals surface area contributed by atoms with Gasteiger partial charge < -0.3 is 10.1 Å². The van der Waals surface area contributed by atoms with Gasteiger partial charge >= 0.3 is 12.1 Å². The molecule has 1 heterocycles. The summed E-state index contributed by atoms with van der Waals surface area (Å²) < 4.78 is 42.8. The summed E-state index contributed by atoms with van der Waals surface area (Å²) in [5.74, 6) is -1.20. The number of aryl methyl sites for hydroxylation is 1.